The zero-order valence-electron chi connectivity index (χ0n) is 12.0. The van der Waals surface area contributed by atoms with Crippen LogP contribution in [-0.2, 0) is 11.2 Å². The Bertz CT molecular complexity index is 437. The van der Waals surface area contributed by atoms with Gasteiger partial charge >= 0.3 is 0 Å². The van der Waals surface area contributed by atoms with Crippen LogP contribution in [0, 0.1) is 11.3 Å². The first-order valence-electron chi connectivity index (χ1n) is 7.01. The number of carbonyl (C=O) groups is 1. The Labute approximate surface area is 125 Å². The predicted octanol–water partition coefficient (Wildman–Crippen LogP) is 3.14. The van der Waals surface area contributed by atoms with Crippen LogP contribution in [0.3, 0.4) is 0 Å². The number of nitrogens with one attached hydrogen (secondary N) is 1. The molecule has 0 aromatic heterocycles. The van der Waals surface area contributed by atoms with Crippen molar-refractivity contribution in [2.24, 2.45) is 0 Å². The van der Waals surface area contributed by atoms with Crippen LogP contribution in [-0.4, -0.2) is 24.5 Å². The molecule has 0 aliphatic heterocycles. The number of thioether (sulfide) groups is 1. The van der Waals surface area contributed by atoms with E-state index in [1.807, 2.05) is 23.9 Å². The number of unbranched alkanes of at least 4 members (excludes halogenated alkanes) is 3. The molecule has 0 radical (unpaired) electrons. The first-order valence-corrected chi connectivity index (χ1v) is 8.40. The van der Waals surface area contributed by atoms with Gasteiger partial charge in [-0.1, -0.05) is 25.0 Å². The highest BCUT2D eigenvalue weighted by atomic mass is 32.2. The van der Waals surface area contributed by atoms with Gasteiger partial charge in [0.05, 0.1) is 18.1 Å². The fraction of sp³-hybridized carbons (Fsp3) is 0.500. The summed E-state index contributed by atoms with van der Waals surface area (Å²) in [6, 6.07) is 9.22. The fourth-order valence-electron chi connectivity index (χ4n) is 1.90. The highest BCUT2D eigenvalue weighted by Gasteiger charge is 2.02. The molecule has 1 N–H and O–H groups in total. The summed E-state index contributed by atoms with van der Waals surface area (Å²) in [5, 5.41) is 11.6. The van der Waals surface area contributed by atoms with Gasteiger partial charge in [0, 0.05) is 6.54 Å². The van der Waals surface area contributed by atoms with Gasteiger partial charge in [0.15, 0.2) is 0 Å². The van der Waals surface area contributed by atoms with E-state index in [9.17, 15) is 4.79 Å². The van der Waals surface area contributed by atoms with E-state index in [1.165, 1.54) is 25.0 Å². The molecule has 0 spiro atoms. The molecular formula is C16H22N2OS. The lowest BCUT2D eigenvalue weighted by Gasteiger charge is -2.05. The molecule has 20 heavy (non-hydrogen) atoms. The molecule has 1 aromatic rings. The highest BCUT2D eigenvalue weighted by Crippen LogP contribution is 2.05. The first-order chi connectivity index (χ1) is 9.76. The summed E-state index contributed by atoms with van der Waals surface area (Å²) in [5.41, 5.74) is 1.57. The third-order valence-corrected chi connectivity index (χ3v) is 3.74. The summed E-state index contributed by atoms with van der Waals surface area (Å²) in [7, 11) is 0. The van der Waals surface area contributed by atoms with Crippen molar-refractivity contribution >= 4 is 17.7 Å². The fourth-order valence-corrected chi connectivity index (χ4v) is 2.39. The Hall–Kier alpha value is -1.47. The normalized spacial score (nSPS) is 10.0. The maximum absolute atomic E-state index is 11.7. The van der Waals surface area contributed by atoms with Crippen LogP contribution < -0.4 is 5.32 Å². The lowest BCUT2D eigenvalue weighted by Crippen LogP contribution is -2.26. The van der Waals surface area contributed by atoms with Gasteiger partial charge in [-0.3, -0.25) is 4.79 Å². The lowest BCUT2D eigenvalue weighted by molar-refractivity contribution is -0.120. The van der Waals surface area contributed by atoms with Gasteiger partial charge in [0.25, 0.3) is 0 Å². The second-order valence-corrected chi connectivity index (χ2v) is 5.73. The van der Waals surface area contributed by atoms with Gasteiger partial charge in [0.2, 0.25) is 5.91 Å². The van der Waals surface area contributed by atoms with Crippen LogP contribution in [0.1, 0.15) is 36.8 Å². The molecule has 0 saturated heterocycles. The van der Waals surface area contributed by atoms with Gasteiger partial charge in [-0.2, -0.15) is 17.0 Å². The summed E-state index contributed by atoms with van der Waals surface area (Å²) >= 11 is 1.88. The van der Waals surface area contributed by atoms with E-state index in [0.717, 1.165) is 18.5 Å². The topological polar surface area (TPSA) is 52.9 Å². The van der Waals surface area contributed by atoms with Crippen LogP contribution in [0.15, 0.2) is 24.3 Å². The molecule has 1 aromatic carbocycles. The van der Waals surface area contributed by atoms with Crippen LogP contribution >= 0.6 is 11.8 Å². The Morgan fingerprint density at radius 3 is 2.55 bits per heavy atom. The maximum atomic E-state index is 11.7. The number of amides is 1. The molecule has 0 saturated carbocycles. The summed E-state index contributed by atoms with van der Waals surface area (Å²) < 4.78 is 0. The molecule has 0 aliphatic rings. The molecule has 0 aliphatic carbocycles. The van der Waals surface area contributed by atoms with Gasteiger partial charge in [0.1, 0.15) is 0 Å². The van der Waals surface area contributed by atoms with Crippen molar-refractivity contribution in [1.82, 2.24) is 5.32 Å². The van der Waals surface area contributed by atoms with E-state index in [-0.39, 0.29) is 5.91 Å². The number of rotatable bonds is 9. The zero-order valence-corrected chi connectivity index (χ0v) is 12.8. The minimum Gasteiger partial charge on any atom is -0.356 e. The van der Waals surface area contributed by atoms with Crippen LogP contribution in [0.25, 0.3) is 0 Å². The molecule has 3 nitrogen and oxygen atoms in total. The van der Waals surface area contributed by atoms with E-state index in [0.29, 0.717) is 12.0 Å². The standard InChI is InChI=1S/C16H22N2OS/c1-20-11-5-3-2-4-10-18-16(19)12-14-6-8-15(13-17)9-7-14/h6-9H,2-5,10-12H2,1H3,(H,18,19). The maximum Gasteiger partial charge on any atom is 0.224 e. The summed E-state index contributed by atoms with van der Waals surface area (Å²) in [6.07, 6.45) is 7.25. The third-order valence-electron chi connectivity index (χ3n) is 3.05. The van der Waals surface area contributed by atoms with Crippen molar-refractivity contribution in [1.29, 1.82) is 5.26 Å². The number of nitriles is 1. The number of hydrogen-bond donors (Lipinski definition) is 1. The van der Waals surface area contributed by atoms with Crippen molar-refractivity contribution in [2.45, 2.75) is 32.1 Å². The summed E-state index contributed by atoms with van der Waals surface area (Å²) in [5.74, 6) is 1.28. The molecule has 1 amide bonds. The average molecular weight is 290 g/mol. The molecule has 0 unspecified atom stereocenters. The van der Waals surface area contributed by atoms with Crippen molar-refractivity contribution in [3.05, 3.63) is 35.4 Å². The lowest BCUT2D eigenvalue weighted by atomic mass is 10.1. The van der Waals surface area contributed by atoms with Gasteiger partial charge < -0.3 is 5.32 Å². The molecule has 4 heteroatoms. The number of carbonyl (C=O) groups excluding carboxylic acids is 1. The largest absolute Gasteiger partial charge is 0.356 e. The Balaban J connectivity index is 2.12. The van der Waals surface area contributed by atoms with Crippen molar-refractivity contribution in [3.63, 3.8) is 0 Å². The summed E-state index contributed by atoms with van der Waals surface area (Å²) in [6.45, 7) is 0.758. The molecule has 0 fully saturated rings. The predicted molar refractivity (Wildman–Crippen MR) is 84.7 cm³/mol. The number of benzene rings is 1. The highest BCUT2D eigenvalue weighted by molar-refractivity contribution is 7.98. The van der Waals surface area contributed by atoms with Crippen LogP contribution in [0.2, 0.25) is 0 Å². The third kappa shape index (κ3) is 7.20. The number of hydrogen-bond acceptors (Lipinski definition) is 3. The van der Waals surface area contributed by atoms with E-state index in [2.05, 4.69) is 17.6 Å². The Morgan fingerprint density at radius 2 is 1.90 bits per heavy atom. The van der Waals surface area contributed by atoms with Crippen LogP contribution in [0.5, 0.6) is 0 Å². The quantitative estimate of drug-likeness (QED) is 0.711. The smallest absolute Gasteiger partial charge is 0.224 e. The van der Waals surface area contributed by atoms with E-state index < -0.39 is 0 Å². The van der Waals surface area contributed by atoms with Crippen LogP contribution in [0.4, 0.5) is 0 Å². The second kappa shape index (κ2) is 10.3. The monoisotopic (exact) mass is 290 g/mol. The molecule has 108 valence electrons. The molecule has 0 atom stereocenters. The van der Waals surface area contributed by atoms with Crippen molar-refractivity contribution < 1.29 is 4.79 Å². The Morgan fingerprint density at radius 1 is 1.20 bits per heavy atom. The first kappa shape index (κ1) is 16.6. The van der Waals surface area contributed by atoms with Gasteiger partial charge in [-0.15, -0.1) is 0 Å². The molecule has 0 heterocycles. The minimum absolute atomic E-state index is 0.0545. The number of nitrogens with zero attached hydrogens (tertiary/aromatic N) is 1. The van der Waals surface area contributed by atoms with Gasteiger partial charge in [-0.25, -0.2) is 0 Å². The van der Waals surface area contributed by atoms with E-state index in [1.54, 1.807) is 12.1 Å². The van der Waals surface area contributed by atoms with E-state index >= 15 is 0 Å². The second-order valence-electron chi connectivity index (χ2n) is 4.74. The molecule has 1 rings (SSSR count). The average Bonchev–Trinajstić information content (AvgIpc) is 2.47. The van der Waals surface area contributed by atoms with Crippen molar-refractivity contribution in [2.75, 3.05) is 18.6 Å². The van der Waals surface area contributed by atoms with Crippen molar-refractivity contribution in [3.8, 4) is 6.07 Å². The Kier molecular flexibility index (Phi) is 8.57. The zero-order chi connectivity index (χ0) is 14.6. The SMILES string of the molecule is CSCCCCCCNC(=O)Cc1ccc(C#N)cc1. The molecule has 0 bridgehead atoms. The minimum atomic E-state index is 0.0545. The molecular weight excluding hydrogens is 268 g/mol. The summed E-state index contributed by atoms with van der Waals surface area (Å²) in [4.78, 5) is 11.7. The van der Waals surface area contributed by atoms with E-state index in [4.69, 9.17) is 5.26 Å². The van der Waals surface area contributed by atoms with Gasteiger partial charge in [-0.05, 0) is 42.5 Å².